The number of amides is 2. The van der Waals surface area contributed by atoms with Crippen molar-refractivity contribution in [1.82, 2.24) is 9.80 Å². The molecule has 1 aromatic heterocycles. The Morgan fingerprint density at radius 3 is 2.64 bits per heavy atom. The summed E-state index contributed by atoms with van der Waals surface area (Å²) in [5.41, 5.74) is 1.19. The highest BCUT2D eigenvalue weighted by Gasteiger charge is 2.35. The van der Waals surface area contributed by atoms with Crippen LogP contribution in [0.15, 0.2) is 41.8 Å². The van der Waals surface area contributed by atoms with Gasteiger partial charge in [-0.15, -0.1) is 11.3 Å². The highest BCUT2D eigenvalue weighted by Crippen LogP contribution is 2.34. The van der Waals surface area contributed by atoms with Gasteiger partial charge in [-0.2, -0.15) is 0 Å². The number of hydrogen-bond donors (Lipinski definition) is 0. The minimum atomic E-state index is -0.124. The highest BCUT2D eigenvalue weighted by atomic mass is 32.1. The molecule has 1 aromatic carbocycles. The summed E-state index contributed by atoms with van der Waals surface area (Å²) in [5, 5.41) is 2.10. The largest absolute Gasteiger partial charge is 0.491 e. The molecule has 2 heterocycles. The van der Waals surface area contributed by atoms with E-state index < -0.39 is 0 Å². The molecule has 2 amide bonds. The fourth-order valence-electron chi connectivity index (χ4n) is 4.93. The standard InChI is InChI=1S/C27H36N2O3S/c1-20(2)12-15-28(27(31)21-8-6-7-9-21)18-26(30)29-16-13-25-23(14-17-33-25)24(29)19-32-22-10-4-3-5-11-22/h3-5,10-11,14,17,20-21,24H,6-9,12-13,15-16,18-19H2,1-2H3/t24-/m0/s1. The molecule has 178 valence electrons. The van der Waals surface area contributed by atoms with Gasteiger partial charge in [-0.25, -0.2) is 0 Å². The van der Waals surface area contributed by atoms with Crippen LogP contribution in [0.5, 0.6) is 5.75 Å². The van der Waals surface area contributed by atoms with Crippen LogP contribution in [0.3, 0.4) is 0 Å². The van der Waals surface area contributed by atoms with Crippen LogP contribution in [0.4, 0.5) is 0 Å². The molecule has 4 rings (SSSR count). The van der Waals surface area contributed by atoms with Crippen molar-refractivity contribution >= 4 is 23.2 Å². The van der Waals surface area contributed by atoms with Gasteiger partial charge in [0.05, 0.1) is 12.6 Å². The molecule has 0 radical (unpaired) electrons. The predicted molar refractivity (Wildman–Crippen MR) is 132 cm³/mol. The molecule has 1 aliphatic carbocycles. The van der Waals surface area contributed by atoms with E-state index in [-0.39, 0.29) is 30.3 Å². The third-order valence-electron chi connectivity index (χ3n) is 6.88. The van der Waals surface area contributed by atoms with Crippen LogP contribution in [0, 0.1) is 11.8 Å². The number of nitrogens with zero attached hydrogens (tertiary/aromatic N) is 2. The van der Waals surface area contributed by atoms with Gasteiger partial charge >= 0.3 is 0 Å². The lowest BCUT2D eigenvalue weighted by molar-refractivity contribution is -0.144. The summed E-state index contributed by atoms with van der Waals surface area (Å²) in [4.78, 5) is 32.0. The first-order valence-electron chi connectivity index (χ1n) is 12.3. The molecule has 6 heteroatoms. The van der Waals surface area contributed by atoms with E-state index in [4.69, 9.17) is 4.74 Å². The van der Waals surface area contributed by atoms with E-state index >= 15 is 0 Å². The molecule has 0 bridgehead atoms. The Morgan fingerprint density at radius 2 is 1.91 bits per heavy atom. The number of carbonyl (C=O) groups excluding carboxylic acids is 2. The zero-order valence-corrected chi connectivity index (χ0v) is 20.7. The van der Waals surface area contributed by atoms with Crippen molar-refractivity contribution in [3.8, 4) is 5.75 Å². The minimum Gasteiger partial charge on any atom is -0.491 e. The molecule has 0 saturated heterocycles. The number of benzene rings is 1. The maximum atomic E-state index is 13.6. The summed E-state index contributed by atoms with van der Waals surface area (Å²) >= 11 is 1.75. The quantitative estimate of drug-likeness (QED) is 0.501. The molecular weight excluding hydrogens is 432 g/mol. The average molecular weight is 469 g/mol. The van der Waals surface area contributed by atoms with E-state index in [9.17, 15) is 9.59 Å². The molecule has 1 aliphatic heterocycles. The monoisotopic (exact) mass is 468 g/mol. The Labute approximate surface area is 201 Å². The fraction of sp³-hybridized carbons (Fsp3) is 0.556. The van der Waals surface area contributed by atoms with Crippen molar-refractivity contribution in [1.29, 1.82) is 0 Å². The Bertz CT molecular complexity index is 920. The Kier molecular flexibility index (Phi) is 8.07. The zero-order valence-electron chi connectivity index (χ0n) is 19.9. The van der Waals surface area contributed by atoms with Crippen molar-refractivity contribution in [2.75, 3.05) is 26.2 Å². The van der Waals surface area contributed by atoms with Gasteiger partial charge in [0.15, 0.2) is 0 Å². The Hall–Kier alpha value is -2.34. The van der Waals surface area contributed by atoms with Crippen LogP contribution in [0.2, 0.25) is 0 Å². The lowest BCUT2D eigenvalue weighted by atomic mass is 10.00. The van der Waals surface area contributed by atoms with Gasteiger partial charge in [-0.1, -0.05) is 44.9 Å². The van der Waals surface area contributed by atoms with Gasteiger partial charge in [0.1, 0.15) is 12.4 Å². The number of carbonyl (C=O) groups is 2. The van der Waals surface area contributed by atoms with Crippen molar-refractivity contribution in [2.24, 2.45) is 11.8 Å². The van der Waals surface area contributed by atoms with Crippen LogP contribution in [-0.4, -0.2) is 47.9 Å². The van der Waals surface area contributed by atoms with E-state index in [2.05, 4.69) is 25.3 Å². The van der Waals surface area contributed by atoms with E-state index in [1.165, 1.54) is 10.4 Å². The van der Waals surface area contributed by atoms with E-state index in [1.54, 1.807) is 11.3 Å². The third kappa shape index (κ3) is 5.97. The topological polar surface area (TPSA) is 49.9 Å². The second-order valence-corrected chi connectivity index (χ2v) is 10.7. The van der Waals surface area contributed by atoms with Gasteiger partial charge in [-0.05, 0) is 60.7 Å². The summed E-state index contributed by atoms with van der Waals surface area (Å²) in [5.74, 6) is 1.60. The number of hydrogen-bond acceptors (Lipinski definition) is 4. The van der Waals surface area contributed by atoms with Crippen LogP contribution >= 0.6 is 11.3 Å². The van der Waals surface area contributed by atoms with Crippen molar-refractivity contribution < 1.29 is 14.3 Å². The summed E-state index contributed by atoms with van der Waals surface area (Å²) in [7, 11) is 0. The maximum Gasteiger partial charge on any atom is 0.242 e. The summed E-state index contributed by atoms with van der Waals surface area (Å²) in [6.07, 6.45) is 5.94. The van der Waals surface area contributed by atoms with E-state index in [1.807, 2.05) is 40.1 Å². The second-order valence-electron chi connectivity index (χ2n) is 9.70. The van der Waals surface area contributed by atoms with Crippen LogP contribution in [0.25, 0.3) is 0 Å². The second kappa shape index (κ2) is 11.2. The summed E-state index contributed by atoms with van der Waals surface area (Å²) < 4.78 is 6.10. The minimum absolute atomic E-state index is 0.0311. The number of fused-ring (bicyclic) bond motifs is 1. The van der Waals surface area contributed by atoms with Gasteiger partial charge < -0.3 is 14.5 Å². The van der Waals surface area contributed by atoms with Gasteiger partial charge in [0.25, 0.3) is 0 Å². The maximum absolute atomic E-state index is 13.6. The molecule has 1 saturated carbocycles. The number of para-hydroxylation sites is 1. The number of thiophene rings is 1. The first-order chi connectivity index (χ1) is 16.0. The molecule has 33 heavy (non-hydrogen) atoms. The Morgan fingerprint density at radius 1 is 1.15 bits per heavy atom. The van der Waals surface area contributed by atoms with E-state index in [0.29, 0.717) is 25.6 Å². The third-order valence-corrected chi connectivity index (χ3v) is 7.88. The van der Waals surface area contributed by atoms with Crippen molar-refractivity contribution in [2.45, 2.75) is 58.4 Å². The lowest BCUT2D eigenvalue weighted by Gasteiger charge is -2.37. The molecule has 1 fully saturated rings. The molecule has 0 N–H and O–H groups in total. The normalized spacial score (nSPS) is 18.4. The SMILES string of the molecule is CC(C)CCN(CC(=O)N1CCc2sccc2[C@@H]1COc1ccccc1)C(=O)C1CCCC1. The van der Waals surface area contributed by atoms with Crippen LogP contribution in [-0.2, 0) is 16.0 Å². The molecular formula is C27H36N2O3S. The first kappa shape index (κ1) is 23.8. The highest BCUT2D eigenvalue weighted by molar-refractivity contribution is 7.10. The number of rotatable bonds is 9. The zero-order chi connectivity index (χ0) is 23.2. The average Bonchev–Trinajstić information content (AvgIpc) is 3.52. The lowest BCUT2D eigenvalue weighted by Crippen LogP contribution is -2.49. The van der Waals surface area contributed by atoms with Gasteiger partial charge in [0.2, 0.25) is 11.8 Å². The molecule has 2 aliphatic rings. The molecule has 5 nitrogen and oxygen atoms in total. The fourth-order valence-corrected chi connectivity index (χ4v) is 5.86. The molecule has 0 unspecified atom stereocenters. The molecule has 0 spiro atoms. The predicted octanol–water partition coefficient (Wildman–Crippen LogP) is 5.32. The van der Waals surface area contributed by atoms with E-state index in [0.717, 1.165) is 44.3 Å². The molecule has 1 atom stereocenters. The van der Waals surface area contributed by atoms with Crippen molar-refractivity contribution in [3.05, 3.63) is 52.2 Å². The van der Waals surface area contributed by atoms with Crippen LogP contribution < -0.4 is 4.74 Å². The van der Waals surface area contributed by atoms with Crippen LogP contribution in [0.1, 0.15) is 62.4 Å². The van der Waals surface area contributed by atoms with Crippen molar-refractivity contribution in [3.63, 3.8) is 0 Å². The summed E-state index contributed by atoms with van der Waals surface area (Å²) in [6.45, 7) is 6.25. The van der Waals surface area contributed by atoms with Gasteiger partial charge in [0, 0.05) is 23.9 Å². The smallest absolute Gasteiger partial charge is 0.242 e. The summed E-state index contributed by atoms with van der Waals surface area (Å²) in [6, 6.07) is 11.8. The van der Waals surface area contributed by atoms with Gasteiger partial charge in [-0.3, -0.25) is 9.59 Å². The number of ether oxygens (including phenoxy) is 1. The Balaban J connectivity index is 1.48. The molecule has 2 aromatic rings. The first-order valence-corrected chi connectivity index (χ1v) is 13.2.